The van der Waals surface area contributed by atoms with Crippen LogP contribution in [-0.4, -0.2) is 56.6 Å². The summed E-state index contributed by atoms with van der Waals surface area (Å²) in [6.07, 6.45) is 1.44. The Morgan fingerprint density at radius 2 is 1.88 bits per heavy atom. The van der Waals surface area contributed by atoms with Gasteiger partial charge in [-0.25, -0.2) is 0 Å². The summed E-state index contributed by atoms with van der Waals surface area (Å²) in [6.45, 7) is 3.43. The number of carboxylic acid groups (broad SMARTS) is 1. The summed E-state index contributed by atoms with van der Waals surface area (Å²) in [5, 5.41) is 18.0. The second-order valence-electron chi connectivity index (χ2n) is 4.54. The summed E-state index contributed by atoms with van der Waals surface area (Å²) in [7, 11) is 6.16. The second kappa shape index (κ2) is 10.7. The first kappa shape index (κ1) is 17.6. The van der Waals surface area contributed by atoms with Crippen LogP contribution < -0.4 is 5.11 Å². The predicted molar refractivity (Wildman–Crippen MR) is 60.9 cm³/mol. The average molecular weight is 235 g/mol. The first-order chi connectivity index (χ1) is 7.33. The van der Waals surface area contributed by atoms with Crippen LogP contribution in [0.15, 0.2) is 0 Å². The molecule has 0 aromatic carbocycles. The number of nitrogens with zero attached hydrogens (tertiary/aromatic N) is 1. The van der Waals surface area contributed by atoms with Crippen LogP contribution in [0.5, 0.6) is 0 Å². The van der Waals surface area contributed by atoms with Gasteiger partial charge in [0.1, 0.15) is 6.54 Å². The fourth-order valence-corrected chi connectivity index (χ4v) is 0.808. The topological polar surface area (TPSA) is 69.6 Å². The lowest BCUT2D eigenvalue weighted by atomic mass is 10.3. The number of hydrogen-bond acceptors (Lipinski definition) is 4. The van der Waals surface area contributed by atoms with Gasteiger partial charge in [0, 0.05) is 6.61 Å². The molecule has 0 aromatic heterocycles. The Hall–Kier alpha value is -0.810. The lowest BCUT2D eigenvalue weighted by Gasteiger charge is -2.21. The number of rotatable bonds is 6. The van der Waals surface area contributed by atoms with Gasteiger partial charge in [-0.2, -0.15) is 0 Å². The van der Waals surface area contributed by atoms with Gasteiger partial charge < -0.3 is 24.2 Å². The molecule has 0 unspecified atom stereocenters. The number of aliphatic hydroxyl groups is 1. The number of likely N-dealkylation sites (N-methyl/N-ethyl adjacent to an activating group) is 1. The van der Waals surface area contributed by atoms with E-state index in [0.29, 0.717) is 0 Å². The van der Waals surface area contributed by atoms with E-state index in [1.807, 2.05) is 6.92 Å². The zero-order valence-corrected chi connectivity index (χ0v) is 10.9. The first-order valence-corrected chi connectivity index (χ1v) is 5.58. The van der Waals surface area contributed by atoms with Crippen molar-refractivity contribution in [1.82, 2.24) is 0 Å². The van der Waals surface area contributed by atoms with Crippen LogP contribution in [0.1, 0.15) is 26.2 Å². The second-order valence-corrected chi connectivity index (χ2v) is 4.54. The molecule has 0 rings (SSSR count). The number of ether oxygens (including phenoxy) is 1. The molecule has 1 N–H and O–H groups in total. The van der Waals surface area contributed by atoms with Crippen molar-refractivity contribution >= 4 is 6.16 Å². The zero-order valence-electron chi connectivity index (χ0n) is 10.9. The number of aliphatic hydroxyl groups excluding tert-OH is 1. The molecule has 0 aliphatic carbocycles. The minimum Gasteiger partial charge on any atom is -0.550 e. The summed E-state index contributed by atoms with van der Waals surface area (Å²) >= 11 is 0. The molecule has 0 atom stereocenters. The molecule has 0 saturated carbocycles. The normalized spacial score (nSPS) is 10.3. The molecule has 0 spiro atoms. The van der Waals surface area contributed by atoms with Crippen molar-refractivity contribution in [2.24, 2.45) is 0 Å². The Morgan fingerprint density at radius 1 is 1.31 bits per heavy atom. The van der Waals surface area contributed by atoms with Gasteiger partial charge in [0.2, 0.25) is 0 Å². The average Bonchev–Trinajstić information content (AvgIpc) is 2.11. The van der Waals surface area contributed by atoms with Gasteiger partial charge in [-0.3, -0.25) is 0 Å². The molecule has 16 heavy (non-hydrogen) atoms. The maximum absolute atomic E-state index is 9.63. The van der Waals surface area contributed by atoms with Gasteiger partial charge in [0.05, 0.1) is 27.7 Å². The molecule has 0 fully saturated rings. The maximum Gasteiger partial charge on any atom is 0.251 e. The van der Waals surface area contributed by atoms with Crippen molar-refractivity contribution < 1.29 is 24.2 Å². The third-order valence-corrected chi connectivity index (χ3v) is 1.74. The molecule has 0 heterocycles. The smallest absolute Gasteiger partial charge is 0.251 e. The van der Waals surface area contributed by atoms with Crippen LogP contribution in [-0.2, 0) is 4.74 Å². The molecular formula is C11H25NO4. The van der Waals surface area contributed by atoms with E-state index in [1.165, 1.54) is 0 Å². The number of carbonyl (C=O) groups is 1. The van der Waals surface area contributed by atoms with Crippen molar-refractivity contribution in [3.63, 3.8) is 0 Å². The summed E-state index contributed by atoms with van der Waals surface area (Å²) in [5.74, 6) is 0. The van der Waals surface area contributed by atoms with E-state index in [-0.39, 0.29) is 13.2 Å². The lowest BCUT2D eigenvalue weighted by molar-refractivity contribution is -0.870. The largest absolute Gasteiger partial charge is 0.550 e. The summed E-state index contributed by atoms with van der Waals surface area (Å²) in [5.41, 5.74) is 0. The Balaban J connectivity index is 0. The molecule has 5 heteroatoms. The minimum atomic E-state index is -1.42. The highest BCUT2D eigenvalue weighted by molar-refractivity contribution is 5.53. The third kappa shape index (κ3) is 23.2. The monoisotopic (exact) mass is 235 g/mol. The standard InChI is InChI=1S/C6H12O3.C5H14NO/c1-2-3-4-5-9-6(7)8;1-6(2,3)4-5-7/h2-5H2,1H3,(H,7,8);7H,4-5H2,1-3H3/q;+1/p-1. The van der Waals surface area contributed by atoms with Crippen molar-refractivity contribution in [2.75, 3.05) is 40.9 Å². The Labute approximate surface area is 98.2 Å². The van der Waals surface area contributed by atoms with Crippen molar-refractivity contribution in [2.45, 2.75) is 26.2 Å². The third-order valence-electron chi connectivity index (χ3n) is 1.74. The zero-order chi connectivity index (χ0) is 13.0. The highest BCUT2D eigenvalue weighted by Gasteiger charge is 2.02. The molecule has 98 valence electrons. The molecular weight excluding hydrogens is 210 g/mol. The summed E-state index contributed by atoms with van der Waals surface area (Å²) in [4.78, 5) is 9.63. The molecule has 0 aliphatic rings. The van der Waals surface area contributed by atoms with Gasteiger partial charge in [-0.05, 0) is 6.42 Å². The highest BCUT2D eigenvalue weighted by Crippen LogP contribution is 1.92. The van der Waals surface area contributed by atoms with Gasteiger partial charge in [0.25, 0.3) is 6.16 Å². The summed E-state index contributed by atoms with van der Waals surface area (Å²) in [6, 6.07) is 0. The predicted octanol–water partition coefficient (Wildman–Crippen LogP) is 0.221. The van der Waals surface area contributed by atoms with Gasteiger partial charge in [-0.15, -0.1) is 0 Å². The number of quaternary nitrogens is 1. The van der Waals surface area contributed by atoms with Crippen LogP contribution in [0.2, 0.25) is 0 Å². The Kier molecular flexibility index (Phi) is 11.8. The van der Waals surface area contributed by atoms with Crippen molar-refractivity contribution in [3.8, 4) is 0 Å². The van der Waals surface area contributed by atoms with Gasteiger partial charge >= 0.3 is 0 Å². The van der Waals surface area contributed by atoms with Crippen LogP contribution in [0.3, 0.4) is 0 Å². The number of carbonyl (C=O) groups excluding carboxylic acids is 1. The van der Waals surface area contributed by atoms with Crippen molar-refractivity contribution in [3.05, 3.63) is 0 Å². The minimum absolute atomic E-state index is 0.274. The number of hydrogen-bond donors (Lipinski definition) is 1. The lowest BCUT2D eigenvalue weighted by Crippen LogP contribution is -2.36. The Morgan fingerprint density at radius 3 is 2.12 bits per heavy atom. The molecule has 5 nitrogen and oxygen atoms in total. The summed E-state index contributed by atoms with van der Waals surface area (Å²) < 4.78 is 4.99. The van der Waals surface area contributed by atoms with Crippen molar-refractivity contribution in [1.29, 1.82) is 0 Å². The van der Waals surface area contributed by atoms with Gasteiger partial charge in [0.15, 0.2) is 0 Å². The van der Waals surface area contributed by atoms with E-state index < -0.39 is 6.16 Å². The van der Waals surface area contributed by atoms with Crippen LogP contribution >= 0.6 is 0 Å². The molecule has 0 radical (unpaired) electrons. The molecule has 0 bridgehead atoms. The maximum atomic E-state index is 9.63. The number of unbranched alkanes of at least 4 members (excludes halogenated alkanes) is 2. The van der Waals surface area contributed by atoms with E-state index in [0.717, 1.165) is 30.3 Å². The molecule has 0 saturated heterocycles. The molecule has 0 aliphatic heterocycles. The molecule has 0 aromatic rings. The van der Waals surface area contributed by atoms with Crippen LogP contribution in [0.25, 0.3) is 0 Å². The van der Waals surface area contributed by atoms with E-state index in [2.05, 4.69) is 25.9 Å². The van der Waals surface area contributed by atoms with Crippen LogP contribution in [0.4, 0.5) is 4.79 Å². The Bertz CT molecular complexity index is 166. The van der Waals surface area contributed by atoms with E-state index in [4.69, 9.17) is 5.11 Å². The highest BCUT2D eigenvalue weighted by atomic mass is 16.7. The van der Waals surface area contributed by atoms with Gasteiger partial charge in [-0.1, -0.05) is 19.8 Å². The van der Waals surface area contributed by atoms with E-state index in [1.54, 1.807) is 0 Å². The quantitative estimate of drug-likeness (QED) is 0.406. The van der Waals surface area contributed by atoms with E-state index >= 15 is 0 Å². The van der Waals surface area contributed by atoms with E-state index in [9.17, 15) is 9.90 Å². The van der Waals surface area contributed by atoms with Crippen LogP contribution in [0, 0.1) is 0 Å². The SMILES string of the molecule is CCCCCOC(=O)[O-].C[N+](C)(C)CCO. The fourth-order valence-electron chi connectivity index (χ4n) is 0.808. The molecule has 0 amide bonds. The first-order valence-electron chi connectivity index (χ1n) is 5.58. The fraction of sp³-hybridized carbons (Fsp3) is 0.909.